The standard InChI is InChI=1S/C18H22N4O4/c23-17(19-15-6-7-15)13-20-9-11-21(12-10-20)18(24)8-5-14-3-1-2-4-16(14)22(25)26/h1-5,8,15H,6-7,9-13H2,(H,19,23)/b8-5+. The molecule has 1 saturated heterocycles. The fraction of sp³-hybridized carbons (Fsp3) is 0.444. The van der Waals surface area contributed by atoms with Gasteiger partial charge in [0.2, 0.25) is 11.8 Å². The number of carbonyl (C=O) groups is 2. The number of hydrogen-bond donors (Lipinski definition) is 1. The van der Waals surface area contributed by atoms with Crippen molar-refractivity contribution < 1.29 is 14.5 Å². The Morgan fingerprint density at radius 1 is 1.19 bits per heavy atom. The Labute approximate surface area is 151 Å². The number of para-hydroxylation sites is 1. The number of piperazine rings is 1. The van der Waals surface area contributed by atoms with Gasteiger partial charge in [-0.05, 0) is 25.0 Å². The van der Waals surface area contributed by atoms with Crippen molar-refractivity contribution in [3.63, 3.8) is 0 Å². The topological polar surface area (TPSA) is 95.8 Å². The van der Waals surface area contributed by atoms with Gasteiger partial charge in [-0.1, -0.05) is 12.1 Å². The van der Waals surface area contributed by atoms with E-state index in [1.165, 1.54) is 18.2 Å². The zero-order valence-corrected chi connectivity index (χ0v) is 14.5. The minimum absolute atomic E-state index is 0.0250. The highest BCUT2D eigenvalue weighted by atomic mass is 16.6. The fourth-order valence-corrected chi connectivity index (χ4v) is 2.89. The van der Waals surface area contributed by atoms with Gasteiger partial charge in [-0.15, -0.1) is 0 Å². The van der Waals surface area contributed by atoms with Crippen LogP contribution in [-0.2, 0) is 9.59 Å². The molecule has 0 unspecified atom stereocenters. The predicted molar refractivity (Wildman–Crippen MR) is 96.3 cm³/mol. The maximum Gasteiger partial charge on any atom is 0.276 e. The van der Waals surface area contributed by atoms with E-state index in [4.69, 9.17) is 0 Å². The van der Waals surface area contributed by atoms with E-state index in [0.29, 0.717) is 44.3 Å². The zero-order valence-electron chi connectivity index (χ0n) is 14.5. The molecular formula is C18H22N4O4. The van der Waals surface area contributed by atoms with E-state index in [1.54, 1.807) is 23.1 Å². The van der Waals surface area contributed by atoms with Gasteiger partial charge in [-0.25, -0.2) is 0 Å². The number of amides is 2. The maximum atomic E-state index is 12.3. The van der Waals surface area contributed by atoms with E-state index in [9.17, 15) is 19.7 Å². The lowest BCUT2D eigenvalue weighted by Crippen LogP contribution is -2.51. The number of benzene rings is 1. The molecule has 0 spiro atoms. The van der Waals surface area contributed by atoms with E-state index >= 15 is 0 Å². The van der Waals surface area contributed by atoms with Crippen LogP contribution in [0.3, 0.4) is 0 Å². The molecule has 0 radical (unpaired) electrons. The maximum absolute atomic E-state index is 12.3. The van der Waals surface area contributed by atoms with Gasteiger partial charge < -0.3 is 10.2 Å². The Balaban J connectivity index is 1.49. The summed E-state index contributed by atoms with van der Waals surface area (Å²) in [5.41, 5.74) is 0.379. The number of nitrogens with one attached hydrogen (secondary N) is 1. The van der Waals surface area contributed by atoms with E-state index in [0.717, 1.165) is 12.8 Å². The number of nitro benzene ring substituents is 1. The Hall–Kier alpha value is -2.74. The molecule has 138 valence electrons. The third kappa shape index (κ3) is 4.89. The molecule has 1 aliphatic heterocycles. The van der Waals surface area contributed by atoms with Crippen LogP contribution in [0.25, 0.3) is 6.08 Å². The zero-order chi connectivity index (χ0) is 18.5. The molecule has 3 rings (SSSR count). The van der Waals surface area contributed by atoms with Crippen molar-refractivity contribution in [2.45, 2.75) is 18.9 Å². The van der Waals surface area contributed by atoms with Crippen molar-refractivity contribution in [1.29, 1.82) is 0 Å². The molecule has 1 aromatic rings. The molecule has 1 heterocycles. The van der Waals surface area contributed by atoms with Gasteiger partial charge in [0, 0.05) is 44.4 Å². The van der Waals surface area contributed by atoms with Gasteiger partial charge in [0.05, 0.1) is 17.0 Å². The van der Waals surface area contributed by atoms with Crippen LogP contribution in [0.1, 0.15) is 18.4 Å². The highest BCUT2D eigenvalue weighted by molar-refractivity contribution is 5.92. The largest absolute Gasteiger partial charge is 0.352 e. The first-order valence-electron chi connectivity index (χ1n) is 8.75. The summed E-state index contributed by atoms with van der Waals surface area (Å²) in [6, 6.07) is 6.67. The first kappa shape index (κ1) is 18.1. The highest BCUT2D eigenvalue weighted by Gasteiger charge is 2.26. The molecule has 0 bridgehead atoms. The van der Waals surface area contributed by atoms with Crippen molar-refractivity contribution in [1.82, 2.24) is 15.1 Å². The average molecular weight is 358 g/mol. The molecule has 0 aromatic heterocycles. The summed E-state index contributed by atoms with van der Waals surface area (Å²) in [4.78, 5) is 38.4. The molecule has 2 amide bonds. The van der Waals surface area contributed by atoms with Crippen LogP contribution in [0.4, 0.5) is 5.69 Å². The van der Waals surface area contributed by atoms with E-state index in [-0.39, 0.29) is 17.5 Å². The summed E-state index contributed by atoms with van der Waals surface area (Å²) in [6.07, 6.45) is 4.99. The van der Waals surface area contributed by atoms with Crippen molar-refractivity contribution in [3.05, 3.63) is 46.0 Å². The Morgan fingerprint density at radius 2 is 1.88 bits per heavy atom. The third-order valence-corrected chi connectivity index (χ3v) is 4.53. The Bertz CT molecular complexity index is 722. The highest BCUT2D eigenvalue weighted by Crippen LogP contribution is 2.19. The number of rotatable bonds is 6. The lowest BCUT2D eigenvalue weighted by atomic mass is 10.1. The first-order valence-corrected chi connectivity index (χ1v) is 8.75. The smallest absolute Gasteiger partial charge is 0.276 e. The fourth-order valence-electron chi connectivity index (χ4n) is 2.89. The van der Waals surface area contributed by atoms with Crippen molar-refractivity contribution >= 4 is 23.6 Å². The SMILES string of the molecule is O=C(CN1CCN(C(=O)/C=C/c2ccccc2[N+](=O)[O-])CC1)NC1CC1. The van der Waals surface area contributed by atoms with Crippen molar-refractivity contribution in [2.75, 3.05) is 32.7 Å². The van der Waals surface area contributed by atoms with Gasteiger partial charge in [0.25, 0.3) is 5.69 Å². The van der Waals surface area contributed by atoms with Crippen LogP contribution in [-0.4, -0.2) is 65.3 Å². The second kappa shape index (κ2) is 8.09. The van der Waals surface area contributed by atoms with Crippen LogP contribution in [0.5, 0.6) is 0 Å². The molecule has 0 atom stereocenters. The van der Waals surface area contributed by atoms with Crippen LogP contribution in [0.2, 0.25) is 0 Å². The van der Waals surface area contributed by atoms with Gasteiger partial charge >= 0.3 is 0 Å². The molecule has 1 N–H and O–H groups in total. The minimum Gasteiger partial charge on any atom is -0.352 e. The number of nitro groups is 1. The van der Waals surface area contributed by atoms with Gasteiger partial charge in [0.15, 0.2) is 0 Å². The monoisotopic (exact) mass is 358 g/mol. The van der Waals surface area contributed by atoms with Crippen LogP contribution < -0.4 is 5.32 Å². The summed E-state index contributed by atoms with van der Waals surface area (Å²) < 4.78 is 0. The van der Waals surface area contributed by atoms with Crippen molar-refractivity contribution in [3.8, 4) is 0 Å². The lowest BCUT2D eigenvalue weighted by molar-refractivity contribution is -0.385. The number of nitrogens with zero attached hydrogens (tertiary/aromatic N) is 3. The molecule has 1 aliphatic carbocycles. The molecular weight excluding hydrogens is 336 g/mol. The van der Waals surface area contributed by atoms with E-state index < -0.39 is 4.92 Å². The van der Waals surface area contributed by atoms with Gasteiger partial charge in [-0.2, -0.15) is 0 Å². The number of carbonyl (C=O) groups excluding carboxylic acids is 2. The Kier molecular flexibility index (Phi) is 5.62. The molecule has 8 heteroatoms. The molecule has 8 nitrogen and oxygen atoms in total. The molecule has 2 fully saturated rings. The van der Waals surface area contributed by atoms with Crippen LogP contribution in [0, 0.1) is 10.1 Å². The van der Waals surface area contributed by atoms with Crippen molar-refractivity contribution in [2.24, 2.45) is 0 Å². The van der Waals surface area contributed by atoms with Gasteiger partial charge in [0.1, 0.15) is 0 Å². The summed E-state index contributed by atoms with van der Waals surface area (Å²) >= 11 is 0. The predicted octanol–water partition coefficient (Wildman–Crippen LogP) is 1.03. The molecule has 1 aromatic carbocycles. The minimum atomic E-state index is -0.463. The van der Waals surface area contributed by atoms with Gasteiger partial charge in [-0.3, -0.25) is 24.6 Å². The summed E-state index contributed by atoms with van der Waals surface area (Å²) in [5.74, 6) is -0.131. The molecule has 2 aliphatic rings. The normalized spacial score (nSPS) is 18.1. The summed E-state index contributed by atoms with van der Waals surface area (Å²) in [5, 5.41) is 14.0. The lowest BCUT2D eigenvalue weighted by Gasteiger charge is -2.33. The average Bonchev–Trinajstić information content (AvgIpc) is 3.44. The number of hydrogen-bond acceptors (Lipinski definition) is 5. The second-order valence-corrected chi connectivity index (χ2v) is 6.59. The summed E-state index contributed by atoms with van der Waals surface area (Å²) in [7, 11) is 0. The van der Waals surface area contributed by atoms with Crippen LogP contribution >= 0.6 is 0 Å². The quantitative estimate of drug-likeness (QED) is 0.465. The van der Waals surface area contributed by atoms with Crippen LogP contribution in [0.15, 0.2) is 30.3 Å². The van der Waals surface area contributed by atoms with E-state index in [1.807, 2.05) is 4.90 Å². The molecule has 26 heavy (non-hydrogen) atoms. The summed E-state index contributed by atoms with van der Waals surface area (Å²) in [6.45, 7) is 2.73. The second-order valence-electron chi connectivity index (χ2n) is 6.59. The Morgan fingerprint density at radius 3 is 2.54 bits per heavy atom. The van der Waals surface area contributed by atoms with E-state index in [2.05, 4.69) is 5.32 Å². The first-order chi connectivity index (χ1) is 12.5. The third-order valence-electron chi connectivity index (χ3n) is 4.53. The molecule has 1 saturated carbocycles.